The number of benzene rings is 1. The van der Waals surface area contributed by atoms with Crippen molar-refractivity contribution in [2.75, 3.05) is 32.0 Å². The first kappa shape index (κ1) is 15.0. The van der Waals surface area contributed by atoms with Gasteiger partial charge in [0.2, 0.25) is 0 Å². The summed E-state index contributed by atoms with van der Waals surface area (Å²) in [6, 6.07) is 11.3. The predicted octanol–water partition coefficient (Wildman–Crippen LogP) is 3.03. The summed E-state index contributed by atoms with van der Waals surface area (Å²) in [7, 11) is 0. The largest absolute Gasteiger partial charge is 0.383 e. The normalized spacial score (nSPS) is 17.4. The lowest BCUT2D eigenvalue weighted by atomic mass is 10.0. The Balaban J connectivity index is 1.78. The molecule has 1 aromatic heterocycles. The molecule has 1 aromatic carbocycles. The van der Waals surface area contributed by atoms with E-state index in [-0.39, 0.29) is 0 Å². The van der Waals surface area contributed by atoms with Crippen LogP contribution in [0.5, 0.6) is 0 Å². The second-order valence-corrected chi connectivity index (χ2v) is 5.87. The number of aryl methyl sites for hydroxylation is 1. The van der Waals surface area contributed by atoms with E-state index >= 15 is 0 Å². The van der Waals surface area contributed by atoms with Crippen molar-refractivity contribution < 1.29 is 4.74 Å². The summed E-state index contributed by atoms with van der Waals surface area (Å²) in [6.07, 6.45) is 1.84. The molecule has 0 aliphatic carbocycles. The van der Waals surface area contributed by atoms with Gasteiger partial charge >= 0.3 is 0 Å². The van der Waals surface area contributed by atoms with Gasteiger partial charge in [0.15, 0.2) is 0 Å². The van der Waals surface area contributed by atoms with Crippen molar-refractivity contribution in [2.24, 2.45) is 0 Å². The zero-order valence-electron chi connectivity index (χ0n) is 13.2. The summed E-state index contributed by atoms with van der Waals surface area (Å²) < 4.78 is 5.42. The average Bonchev–Trinajstić information content (AvgIpc) is 2.58. The molecule has 1 atom stereocenters. The monoisotopic (exact) mass is 297 g/mol. The maximum atomic E-state index is 5.79. The van der Waals surface area contributed by atoms with E-state index in [2.05, 4.69) is 47.1 Å². The zero-order valence-corrected chi connectivity index (χ0v) is 13.2. The summed E-state index contributed by atoms with van der Waals surface area (Å²) in [5, 5.41) is 0. The van der Waals surface area contributed by atoms with Crippen LogP contribution in [0.15, 0.2) is 36.5 Å². The molecular formula is C18H23N3O. The van der Waals surface area contributed by atoms with Gasteiger partial charge < -0.3 is 10.5 Å². The van der Waals surface area contributed by atoms with Crippen LogP contribution in [-0.2, 0) is 4.74 Å². The number of hydrogen-bond acceptors (Lipinski definition) is 4. The van der Waals surface area contributed by atoms with Crippen LogP contribution in [-0.4, -0.2) is 36.2 Å². The van der Waals surface area contributed by atoms with Crippen molar-refractivity contribution in [1.29, 1.82) is 0 Å². The number of aromatic nitrogens is 1. The lowest BCUT2D eigenvalue weighted by Crippen LogP contribution is -2.37. The number of nitrogen functional groups attached to an aromatic ring is 1. The van der Waals surface area contributed by atoms with Gasteiger partial charge in [-0.3, -0.25) is 4.90 Å². The van der Waals surface area contributed by atoms with Gasteiger partial charge in [-0.15, -0.1) is 0 Å². The maximum absolute atomic E-state index is 5.79. The van der Waals surface area contributed by atoms with Crippen molar-refractivity contribution in [2.45, 2.75) is 19.9 Å². The van der Waals surface area contributed by atoms with E-state index in [1.165, 1.54) is 11.1 Å². The van der Waals surface area contributed by atoms with E-state index in [0.717, 1.165) is 37.4 Å². The number of rotatable bonds is 3. The molecule has 4 heteroatoms. The lowest BCUT2D eigenvalue weighted by molar-refractivity contribution is 0.0198. The van der Waals surface area contributed by atoms with Gasteiger partial charge in [0.05, 0.1) is 13.2 Å². The molecule has 3 rings (SSSR count). The highest BCUT2D eigenvalue weighted by molar-refractivity contribution is 5.65. The molecule has 2 aromatic rings. The van der Waals surface area contributed by atoms with Crippen LogP contribution in [0.25, 0.3) is 11.1 Å². The zero-order chi connectivity index (χ0) is 15.5. The molecule has 1 fully saturated rings. The highest BCUT2D eigenvalue weighted by atomic mass is 16.5. The molecule has 1 aliphatic heterocycles. The Bertz CT molecular complexity index is 633. The molecule has 2 heterocycles. The molecule has 116 valence electrons. The summed E-state index contributed by atoms with van der Waals surface area (Å²) >= 11 is 0. The molecule has 1 aliphatic rings. The van der Waals surface area contributed by atoms with Crippen LogP contribution in [0.2, 0.25) is 0 Å². The highest BCUT2D eigenvalue weighted by Crippen LogP contribution is 2.26. The Hall–Kier alpha value is -1.91. The third kappa shape index (κ3) is 3.13. The number of ether oxygens (including phenoxy) is 1. The van der Waals surface area contributed by atoms with Gasteiger partial charge in [-0.05, 0) is 36.6 Å². The SMILES string of the molecule is Cc1cc(-c2ccc([C@H](C)N3CCOCC3)cc2)cnc1N. The molecular weight excluding hydrogens is 274 g/mol. The molecule has 0 bridgehead atoms. The van der Waals surface area contributed by atoms with Gasteiger partial charge in [0, 0.05) is 30.9 Å². The van der Waals surface area contributed by atoms with E-state index in [9.17, 15) is 0 Å². The standard InChI is InChI=1S/C18H23N3O/c1-13-11-17(12-20-18(13)19)16-5-3-15(4-6-16)14(2)21-7-9-22-10-8-21/h3-6,11-12,14H,7-10H2,1-2H3,(H2,19,20)/t14-/m0/s1. The summed E-state index contributed by atoms with van der Waals surface area (Å²) in [5.41, 5.74) is 10.4. The van der Waals surface area contributed by atoms with Gasteiger partial charge in [-0.25, -0.2) is 4.98 Å². The topological polar surface area (TPSA) is 51.4 Å². The Morgan fingerprint density at radius 1 is 1.14 bits per heavy atom. The molecule has 0 spiro atoms. The van der Waals surface area contributed by atoms with E-state index in [0.29, 0.717) is 11.9 Å². The Labute approximate surface area is 131 Å². The first-order chi connectivity index (χ1) is 10.6. The fraction of sp³-hybridized carbons (Fsp3) is 0.389. The number of anilines is 1. The quantitative estimate of drug-likeness (QED) is 0.946. The third-order valence-electron chi connectivity index (χ3n) is 4.44. The minimum atomic E-state index is 0.421. The third-order valence-corrected chi connectivity index (χ3v) is 4.44. The molecule has 22 heavy (non-hydrogen) atoms. The number of morpholine rings is 1. The maximum Gasteiger partial charge on any atom is 0.126 e. The first-order valence-electron chi connectivity index (χ1n) is 7.79. The van der Waals surface area contributed by atoms with Crippen molar-refractivity contribution in [3.05, 3.63) is 47.7 Å². The molecule has 0 saturated carbocycles. The number of nitrogens with two attached hydrogens (primary N) is 1. The van der Waals surface area contributed by atoms with E-state index in [1.807, 2.05) is 13.1 Å². The van der Waals surface area contributed by atoms with Crippen LogP contribution in [0.1, 0.15) is 24.1 Å². The molecule has 0 radical (unpaired) electrons. The lowest BCUT2D eigenvalue weighted by Gasteiger charge is -2.32. The van der Waals surface area contributed by atoms with Crippen molar-refractivity contribution in [3.8, 4) is 11.1 Å². The van der Waals surface area contributed by atoms with E-state index in [1.54, 1.807) is 0 Å². The second kappa shape index (κ2) is 6.46. The minimum Gasteiger partial charge on any atom is -0.383 e. The molecule has 4 nitrogen and oxygen atoms in total. The van der Waals surface area contributed by atoms with Crippen LogP contribution < -0.4 is 5.73 Å². The molecule has 0 unspecified atom stereocenters. The second-order valence-electron chi connectivity index (χ2n) is 5.87. The smallest absolute Gasteiger partial charge is 0.126 e. The predicted molar refractivity (Wildman–Crippen MR) is 89.6 cm³/mol. The number of hydrogen-bond donors (Lipinski definition) is 1. The van der Waals surface area contributed by atoms with Gasteiger partial charge in [-0.2, -0.15) is 0 Å². The fourth-order valence-electron chi connectivity index (χ4n) is 2.87. The van der Waals surface area contributed by atoms with Crippen molar-refractivity contribution in [1.82, 2.24) is 9.88 Å². The Morgan fingerprint density at radius 3 is 2.45 bits per heavy atom. The fourth-order valence-corrected chi connectivity index (χ4v) is 2.87. The van der Waals surface area contributed by atoms with Crippen LogP contribution in [0, 0.1) is 6.92 Å². The van der Waals surface area contributed by atoms with Gasteiger partial charge in [-0.1, -0.05) is 24.3 Å². The Kier molecular flexibility index (Phi) is 4.41. The van der Waals surface area contributed by atoms with Gasteiger partial charge in [0.1, 0.15) is 5.82 Å². The molecule has 2 N–H and O–H groups in total. The van der Waals surface area contributed by atoms with Crippen molar-refractivity contribution >= 4 is 5.82 Å². The van der Waals surface area contributed by atoms with E-state index < -0.39 is 0 Å². The van der Waals surface area contributed by atoms with Crippen molar-refractivity contribution in [3.63, 3.8) is 0 Å². The van der Waals surface area contributed by atoms with E-state index in [4.69, 9.17) is 10.5 Å². The van der Waals surface area contributed by atoms with Gasteiger partial charge in [0.25, 0.3) is 0 Å². The highest BCUT2D eigenvalue weighted by Gasteiger charge is 2.18. The molecule has 1 saturated heterocycles. The van der Waals surface area contributed by atoms with Crippen LogP contribution >= 0.6 is 0 Å². The molecule has 0 amide bonds. The van der Waals surface area contributed by atoms with Crippen LogP contribution in [0.3, 0.4) is 0 Å². The average molecular weight is 297 g/mol. The minimum absolute atomic E-state index is 0.421. The first-order valence-corrected chi connectivity index (χ1v) is 7.79. The van der Waals surface area contributed by atoms with Crippen LogP contribution in [0.4, 0.5) is 5.82 Å². The Morgan fingerprint density at radius 2 is 1.82 bits per heavy atom. The summed E-state index contributed by atoms with van der Waals surface area (Å²) in [6.45, 7) is 7.92. The number of nitrogens with zero attached hydrogens (tertiary/aromatic N) is 2. The number of pyridine rings is 1. The summed E-state index contributed by atoms with van der Waals surface area (Å²) in [4.78, 5) is 6.71. The summed E-state index contributed by atoms with van der Waals surface area (Å²) in [5.74, 6) is 0.598.